The Morgan fingerprint density at radius 3 is 3.12 bits per heavy atom. The number of nitrogens with zero attached hydrogens (tertiary/aromatic N) is 2. The number of aromatic nitrogens is 2. The van der Waals surface area contributed by atoms with E-state index in [-0.39, 0.29) is 11.8 Å². The predicted molar refractivity (Wildman–Crippen MR) is 55.7 cm³/mol. The van der Waals surface area contributed by atoms with Crippen molar-refractivity contribution < 1.29 is 14.4 Å². The first-order valence-electron chi connectivity index (χ1n) is 5.60. The van der Waals surface area contributed by atoms with Crippen LogP contribution in [0, 0.1) is 0 Å². The average molecular weight is 227 g/mol. The molecule has 0 aliphatic carbocycles. The normalized spacial score (nSPS) is 23.2. The van der Waals surface area contributed by atoms with Gasteiger partial charge in [-0.1, -0.05) is 5.16 Å². The van der Waals surface area contributed by atoms with Gasteiger partial charge in [0.05, 0.1) is 6.61 Å². The monoisotopic (exact) mass is 227 g/mol. The Morgan fingerprint density at radius 2 is 2.44 bits per heavy atom. The van der Waals surface area contributed by atoms with Gasteiger partial charge in [0.25, 0.3) is 5.89 Å². The second-order valence-corrected chi connectivity index (χ2v) is 4.00. The number of hydrogen-bond donors (Lipinski definition) is 2. The van der Waals surface area contributed by atoms with Crippen LogP contribution >= 0.6 is 0 Å². The number of aliphatic hydroxyl groups excluding tert-OH is 1. The minimum Gasteiger partial charge on any atom is -0.383 e. The molecule has 0 amide bonds. The highest BCUT2D eigenvalue weighted by atomic mass is 16.5. The highest BCUT2D eigenvalue weighted by Crippen LogP contribution is 2.24. The molecule has 6 heteroatoms. The molecule has 1 saturated heterocycles. The van der Waals surface area contributed by atoms with Crippen molar-refractivity contribution in [2.24, 2.45) is 5.73 Å². The quantitative estimate of drug-likeness (QED) is 0.770. The number of aliphatic hydroxyl groups is 1. The van der Waals surface area contributed by atoms with E-state index in [1.54, 1.807) is 0 Å². The Bertz CT molecular complexity index is 323. The summed E-state index contributed by atoms with van der Waals surface area (Å²) in [6.07, 6.45) is 1.70. The van der Waals surface area contributed by atoms with Crippen LogP contribution in [0.15, 0.2) is 4.52 Å². The van der Waals surface area contributed by atoms with Crippen LogP contribution in [0.25, 0.3) is 0 Å². The van der Waals surface area contributed by atoms with E-state index in [0.717, 1.165) is 19.4 Å². The third-order valence-corrected chi connectivity index (χ3v) is 2.71. The molecular formula is C10H17N3O3. The van der Waals surface area contributed by atoms with Crippen molar-refractivity contribution in [1.82, 2.24) is 10.1 Å². The fourth-order valence-electron chi connectivity index (χ4n) is 1.77. The second-order valence-electron chi connectivity index (χ2n) is 4.00. The molecule has 2 rings (SSSR count). The molecule has 2 unspecified atom stereocenters. The van der Waals surface area contributed by atoms with Crippen molar-refractivity contribution in [3.05, 3.63) is 11.7 Å². The Kier molecular flexibility index (Phi) is 3.87. The molecule has 0 aromatic carbocycles. The van der Waals surface area contributed by atoms with Crippen molar-refractivity contribution in [3.63, 3.8) is 0 Å². The Morgan fingerprint density at radius 1 is 1.56 bits per heavy atom. The maximum atomic E-state index is 9.62. The molecule has 2 atom stereocenters. The van der Waals surface area contributed by atoms with E-state index in [1.807, 2.05) is 0 Å². The lowest BCUT2D eigenvalue weighted by Crippen LogP contribution is -2.16. The van der Waals surface area contributed by atoms with E-state index >= 15 is 0 Å². The molecule has 1 fully saturated rings. The summed E-state index contributed by atoms with van der Waals surface area (Å²) in [6.45, 7) is 1.83. The summed E-state index contributed by atoms with van der Waals surface area (Å²) in [5.74, 6) is 1.08. The molecule has 0 saturated carbocycles. The van der Waals surface area contributed by atoms with Crippen LogP contribution in [0.4, 0.5) is 0 Å². The van der Waals surface area contributed by atoms with E-state index in [9.17, 15) is 5.11 Å². The van der Waals surface area contributed by atoms with Gasteiger partial charge in [-0.3, -0.25) is 0 Å². The van der Waals surface area contributed by atoms with Crippen molar-refractivity contribution in [2.75, 3.05) is 19.8 Å². The van der Waals surface area contributed by atoms with Gasteiger partial charge in [0.15, 0.2) is 5.82 Å². The van der Waals surface area contributed by atoms with Gasteiger partial charge in [0.1, 0.15) is 6.10 Å². The first kappa shape index (κ1) is 11.5. The summed E-state index contributed by atoms with van der Waals surface area (Å²) in [5.41, 5.74) is 5.35. The fourth-order valence-corrected chi connectivity index (χ4v) is 1.77. The maximum absolute atomic E-state index is 9.62. The number of ether oxygens (including phenoxy) is 1. The molecule has 1 aromatic heterocycles. The van der Waals surface area contributed by atoms with Crippen molar-refractivity contribution >= 4 is 0 Å². The summed E-state index contributed by atoms with van der Waals surface area (Å²) >= 11 is 0. The van der Waals surface area contributed by atoms with Crippen molar-refractivity contribution in [1.29, 1.82) is 0 Å². The molecule has 0 spiro atoms. The summed E-state index contributed by atoms with van der Waals surface area (Å²) < 4.78 is 10.4. The van der Waals surface area contributed by atoms with Gasteiger partial charge in [-0.15, -0.1) is 0 Å². The third-order valence-electron chi connectivity index (χ3n) is 2.71. The van der Waals surface area contributed by atoms with Crippen molar-refractivity contribution in [2.45, 2.75) is 31.3 Å². The molecule has 0 bridgehead atoms. The number of rotatable bonds is 4. The smallest absolute Gasteiger partial charge is 0.255 e. The average Bonchev–Trinajstić information content (AvgIpc) is 2.80. The van der Waals surface area contributed by atoms with Crippen LogP contribution in [0.2, 0.25) is 0 Å². The van der Waals surface area contributed by atoms with Gasteiger partial charge in [-0.25, -0.2) is 0 Å². The zero-order valence-electron chi connectivity index (χ0n) is 9.13. The Balaban J connectivity index is 2.00. The van der Waals surface area contributed by atoms with Crippen LogP contribution in [-0.4, -0.2) is 35.0 Å². The van der Waals surface area contributed by atoms with Crippen LogP contribution in [0.5, 0.6) is 0 Å². The van der Waals surface area contributed by atoms with Gasteiger partial charge in [-0.05, 0) is 25.8 Å². The Labute approximate surface area is 93.8 Å². The minimum atomic E-state index is -0.754. The van der Waals surface area contributed by atoms with E-state index in [2.05, 4.69) is 10.1 Å². The SMILES string of the molecule is NCCC(O)c1nc(C2CCCOC2)no1. The zero-order chi connectivity index (χ0) is 11.4. The number of hydrogen-bond acceptors (Lipinski definition) is 6. The van der Waals surface area contributed by atoms with E-state index in [4.69, 9.17) is 15.0 Å². The number of nitrogens with two attached hydrogens (primary N) is 1. The first-order valence-corrected chi connectivity index (χ1v) is 5.60. The standard InChI is InChI=1S/C10H17N3O3/c11-4-3-8(14)10-12-9(13-16-10)7-2-1-5-15-6-7/h7-8,14H,1-6,11H2. The lowest BCUT2D eigenvalue weighted by Gasteiger charge is -2.18. The molecule has 2 heterocycles. The summed E-state index contributed by atoms with van der Waals surface area (Å²) in [6, 6.07) is 0. The molecule has 0 radical (unpaired) electrons. The van der Waals surface area contributed by atoms with E-state index in [1.165, 1.54) is 0 Å². The van der Waals surface area contributed by atoms with Crippen molar-refractivity contribution in [3.8, 4) is 0 Å². The van der Waals surface area contributed by atoms with Crippen LogP contribution in [0.1, 0.15) is 43.0 Å². The van der Waals surface area contributed by atoms with Gasteiger partial charge in [0.2, 0.25) is 0 Å². The van der Waals surface area contributed by atoms with Crippen LogP contribution in [0.3, 0.4) is 0 Å². The van der Waals surface area contributed by atoms with Gasteiger partial charge >= 0.3 is 0 Å². The molecule has 1 aliphatic rings. The molecule has 3 N–H and O–H groups in total. The van der Waals surface area contributed by atoms with Crippen LogP contribution in [-0.2, 0) is 4.74 Å². The lowest BCUT2D eigenvalue weighted by molar-refractivity contribution is 0.0773. The molecule has 1 aliphatic heterocycles. The minimum absolute atomic E-state index is 0.191. The molecular weight excluding hydrogens is 210 g/mol. The highest BCUT2D eigenvalue weighted by Gasteiger charge is 2.23. The third kappa shape index (κ3) is 2.58. The predicted octanol–water partition coefficient (Wildman–Crippen LogP) is 0.346. The summed E-state index contributed by atoms with van der Waals surface area (Å²) in [4.78, 5) is 4.19. The zero-order valence-corrected chi connectivity index (χ0v) is 9.13. The lowest BCUT2D eigenvalue weighted by atomic mass is 10.0. The molecule has 16 heavy (non-hydrogen) atoms. The van der Waals surface area contributed by atoms with Gasteiger partial charge < -0.3 is 20.1 Å². The highest BCUT2D eigenvalue weighted by molar-refractivity contribution is 4.98. The molecule has 90 valence electrons. The topological polar surface area (TPSA) is 94.4 Å². The largest absolute Gasteiger partial charge is 0.383 e. The Hall–Kier alpha value is -0.980. The fraction of sp³-hybridized carbons (Fsp3) is 0.800. The maximum Gasteiger partial charge on any atom is 0.255 e. The second kappa shape index (κ2) is 5.38. The first-order chi connectivity index (χ1) is 7.81. The molecule has 1 aromatic rings. The summed E-state index contributed by atoms with van der Waals surface area (Å²) in [7, 11) is 0. The molecule has 6 nitrogen and oxygen atoms in total. The van der Waals surface area contributed by atoms with Gasteiger partial charge in [0, 0.05) is 12.5 Å². The van der Waals surface area contributed by atoms with Gasteiger partial charge in [-0.2, -0.15) is 4.98 Å². The summed E-state index contributed by atoms with van der Waals surface area (Å²) in [5, 5.41) is 13.5. The van der Waals surface area contributed by atoms with Crippen LogP contribution < -0.4 is 5.73 Å². The van der Waals surface area contributed by atoms with E-state index < -0.39 is 6.10 Å². The van der Waals surface area contributed by atoms with E-state index in [0.29, 0.717) is 25.4 Å².